The summed E-state index contributed by atoms with van der Waals surface area (Å²) in [7, 11) is 1.72. The summed E-state index contributed by atoms with van der Waals surface area (Å²) in [4.78, 5) is 24.8. The molecule has 0 aliphatic heterocycles. The highest BCUT2D eigenvalue weighted by molar-refractivity contribution is 5.93. The third-order valence-corrected chi connectivity index (χ3v) is 3.22. The van der Waals surface area contributed by atoms with Crippen molar-refractivity contribution >= 4 is 23.2 Å². The summed E-state index contributed by atoms with van der Waals surface area (Å²) < 4.78 is 0. The molecular weight excluding hydrogens is 264 g/mol. The highest BCUT2D eigenvalue weighted by atomic mass is 16.2. The lowest BCUT2D eigenvalue weighted by Crippen LogP contribution is -2.22. The van der Waals surface area contributed by atoms with Gasteiger partial charge in [0.05, 0.1) is 6.42 Å². The second-order valence-electron chi connectivity index (χ2n) is 4.84. The normalized spacial score (nSPS) is 10.0. The maximum atomic E-state index is 11.9. The van der Waals surface area contributed by atoms with Crippen LogP contribution in [-0.4, -0.2) is 18.9 Å². The molecule has 0 radical (unpaired) electrons. The van der Waals surface area contributed by atoms with E-state index < -0.39 is 0 Å². The smallest absolute Gasteiger partial charge is 0.228 e. The van der Waals surface area contributed by atoms with E-state index in [9.17, 15) is 9.59 Å². The topological polar surface area (TPSA) is 49.4 Å². The van der Waals surface area contributed by atoms with E-state index in [1.807, 2.05) is 54.6 Å². The van der Waals surface area contributed by atoms with Gasteiger partial charge in [-0.05, 0) is 29.8 Å². The number of hydrogen-bond acceptors (Lipinski definition) is 2. The quantitative estimate of drug-likeness (QED) is 0.937. The molecule has 0 heterocycles. The summed E-state index contributed by atoms with van der Waals surface area (Å²) in [6.45, 7) is 1.52. The number of nitrogens with zero attached hydrogens (tertiary/aromatic N) is 1. The molecule has 0 bridgehead atoms. The molecular formula is C17H18N2O2. The van der Waals surface area contributed by atoms with Crippen LogP contribution in [0.4, 0.5) is 11.4 Å². The average Bonchev–Trinajstić information content (AvgIpc) is 2.48. The molecule has 21 heavy (non-hydrogen) atoms. The fourth-order valence-corrected chi connectivity index (χ4v) is 1.93. The number of benzene rings is 2. The largest absolute Gasteiger partial charge is 0.326 e. The van der Waals surface area contributed by atoms with Gasteiger partial charge >= 0.3 is 0 Å². The zero-order valence-corrected chi connectivity index (χ0v) is 12.2. The zero-order chi connectivity index (χ0) is 15.2. The first-order valence-corrected chi connectivity index (χ1v) is 6.74. The molecule has 0 aliphatic carbocycles. The lowest BCUT2D eigenvalue weighted by Gasteiger charge is -2.15. The van der Waals surface area contributed by atoms with Gasteiger partial charge in [0.25, 0.3) is 0 Å². The minimum absolute atomic E-state index is 0.0235. The van der Waals surface area contributed by atoms with Crippen molar-refractivity contribution < 1.29 is 9.59 Å². The van der Waals surface area contributed by atoms with E-state index in [-0.39, 0.29) is 11.8 Å². The predicted molar refractivity (Wildman–Crippen MR) is 84.3 cm³/mol. The molecule has 4 nitrogen and oxygen atoms in total. The lowest BCUT2D eigenvalue weighted by atomic mass is 10.1. The number of nitrogens with one attached hydrogen (secondary N) is 1. The van der Waals surface area contributed by atoms with Crippen LogP contribution in [0.3, 0.4) is 0 Å². The van der Waals surface area contributed by atoms with Crippen molar-refractivity contribution in [3.8, 4) is 0 Å². The number of rotatable bonds is 4. The van der Waals surface area contributed by atoms with Gasteiger partial charge < -0.3 is 10.2 Å². The summed E-state index contributed by atoms with van der Waals surface area (Å²) in [5.41, 5.74) is 2.51. The van der Waals surface area contributed by atoms with Gasteiger partial charge in [0, 0.05) is 25.3 Å². The third-order valence-electron chi connectivity index (χ3n) is 3.22. The van der Waals surface area contributed by atoms with Crippen molar-refractivity contribution in [2.75, 3.05) is 17.3 Å². The number of para-hydroxylation sites is 1. The SMILES string of the molecule is CC(=O)N(C)c1ccc(CC(=O)Nc2ccccc2)cc1. The van der Waals surface area contributed by atoms with Crippen molar-refractivity contribution in [3.05, 3.63) is 60.2 Å². The molecule has 2 aromatic rings. The van der Waals surface area contributed by atoms with Crippen LogP contribution >= 0.6 is 0 Å². The fourth-order valence-electron chi connectivity index (χ4n) is 1.93. The van der Waals surface area contributed by atoms with Crippen molar-refractivity contribution in [1.29, 1.82) is 0 Å². The Morgan fingerprint density at radius 3 is 2.19 bits per heavy atom. The minimum atomic E-state index is -0.0612. The van der Waals surface area contributed by atoms with Gasteiger partial charge in [-0.15, -0.1) is 0 Å². The molecule has 0 atom stereocenters. The Hall–Kier alpha value is -2.62. The first-order chi connectivity index (χ1) is 10.1. The van der Waals surface area contributed by atoms with Crippen LogP contribution in [0.1, 0.15) is 12.5 Å². The predicted octanol–water partition coefficient (Wildman–Crippen LogP) is 2.85. The lowest BCUT2D eigenvalue weighted by molar-refractivity contribution is -0.116. The van der Waals surface area contributed by atoms with Crippen molar-refractivity contribution in [2.45, 2.75) is 13.3 Å². The van der Waals surface area contributed by atoms with Crippen LogP contribution in [0.2, 0.25) is 0 Å². The van der Waals surface area contributed by atoms with Gasteiger partial charge in [-0.2, -0.15) is 0 Å². The molecule has 2 aromatic carbocycles. The molecule has 0 saturated heterocycles. The highest BCUT2D eigenvalue weighted by Crippen LogP contribution is 2.15. The molecule has 1 N–H and O–H groups in total. The summed E-state index contributed by atoms with van der Waals surface area (Å²) in [5.74, 6) is -0.0848. The van der Waals surface area contributed by atoms with E-state index in [1.165, 1.54) is 6.92 Å². The first kappa shape index (κ1) is 14.8. The van der Waals surface area contributed by atoms with Crippen molar-refractivity contribution in [3.63, 3.8) is 0 Å². The average molecular weight is 282 g/mol. The molecule has 2 amide bonds. The van der Waals surface area contributed by atoms with E-state index in [4.69, 9.17) is 0 Å². The molecule has 0 aliphatic rings. The summed E-state index contributed by atoms with van der Waals surface area (Å²) >= 11 is 0. The summed E-state index contributed by atoms with van der Waals surface area (Å²) in [6, 6.07) is 16.8. The second kappa shape index (κ2) is 6.70. The Morgan fingerprint density at radius 2 is 1.62 bits per heavy atom. The third kappa shape index (κ3) is 4.18. The number of carbonyl (C=O) groups is 2. The Bertz CT molecular complexity index is 621. The summed E-state index contributed by atoms with van der Waals surface area (Å²) in [5, 5.41) is 2.84. The molecule has 0 unspecified atom stereocenters. The van der Waals surface area contributed by atoms with E-state index in [0.717, 1.165) is 16.9 Å². The van der Waals surface area contributed by atoms with Crippen LogP contribution in [0.25, 0.3) is 0 Å². The molecule has 4 heteroatoms. The van der Waals surface area contributed by atoms with E-state index in [1.54, 1.807) is 11.9 Å². The van der Waals surface area contributed by atoms with Crippen LogP contribution in [0.15, 0.2) is 54.6 Å². The van der Waals surface area contributed by atoms with E-state index >= 15 is 0 Å². The number of carbonyl (C=O) groups excluding carboxylic acids is 2. The zero-order valence-electron chi connectivity index (χ0n) is 12.2. The number of anilines is 2. The van der Waals surface area contributed by atoms with E-state index in [0.29, 0.717) is 6.42 Å². The van der Waals surface area contributed by atoms with Gasteiger partial charge in [-0.3, -0.25) is 9.59 Å². The molecule has 0 spiro atoms. The van der Waals surface area contributed by atoms with Crippen molar-refractivity contribution in [1.82, 2.24) is 0 Å². The number of amides is 2. The van der Waals surface area contributed by atoms with Crippen LogP contribution < -0.4 is 10.2 Å². The van der Waals surface area contributed by atoms with Crippen LogP contribution in [0.5, 0.6) is 0 Å². The first-order valence-electron chi connectivity index (χ1n) is 6.74. The Labute approximate surface area is 124 Å². The molecule has 0 aromatic heterocycles. The monoisotopic (exact) mass is 282 g/mol. The molecule has 108 valence electrons. The maximum Gasteiger partial charge on any atom is 0.228 e. The Balaban J connectivity index is 1.97. The van der Waals surface area contributed by atoms with Crippen LogP contribution in [0, 0.1) is 0 Å². The second-order valence-corrected chi connectivity index (χ2v) is 4.84. The van der Waals surface area contributed by atoms with E-state index in [2.05, 4.69) is 5.32 Å². The Morgan fingerprint density at radius 1 is 1.00 bits per heavy atom. The summed E-state index contributed by atoms with van der Waals surface area (Å²) in [6.07, 6.45) is 0.305. The van der Waals surface area contributed by atoms with Gasteiger partial charge in [0.15, 0.2) is 0 Å². The molecule has 0 fully saturated rings. The number of hydrogen-bond donors (Lipinski definition) is 1. The van der Waals surface area contributed by atoms with Gasteiger partial charge in [-0.1, -0.05) is 30.3 Å². The molecule has 0 saturated carbocycles. The van der Waals surface area contributed by atoms with Gasteiger partial charge in [0.1, 0.15) is 0 Å². The van der Waals surface area contributed by atoms with Crippen molar-refractivity contribution in [2.24, 2.45) is 0 Å². The maximum absolute atomic E-state index is 11.9. The minimum Gasteiger partial charge on any atom is -0.326 e. The fraction of sp³-hybridized carbons (Fsp3) is 0.176. The highest BCUT2D eigenvalue weighted by Gasteiger charge is 2.07. The van der Waals surface area contributed by atoms with Gasteiger partial charge in [-0.25, -0.2) is 0 Å². The van der Waals surface area contributed by atoms with Crippen LogP contribution in [-0.2, 0) is 16.0 Å². The standard InChI is InChI=1S/C17H18N2O2/c1-13(20)19(2)16-10-8-14(9-11-16)12-17(21)18-15-6-4-3-5-7-15/h3-11H,12H2,1-2H3,(H,18,21). The molecule has 2 rings (SSSR count). The Kier molecular flexibility index (Phi) is 4.72. The van der Waals surface area contributed by atoms with Gasteiger partial charge in [0.2, 0.25) is 11.8 Å².